The van der Waals surface area contributed by atoms with Crippen LogP contribution in [-0.2, 0) is 13.3 Å². The molecule has 0 aromatic carbocycles. The largest absolute Gasteiger partial charge is 0.500 e. The van der Waals surface area contributed by atoms with Crippen LogP contribution in [-0.4, -0.2) is 52.7 Å². The van der Waals surface area contributed by atoms with Gasteiger partial charge in [-0.25, -0.2) is 0 Å². The summed E-state index contributed by atoms with van der Waals surface area (Å²) in [4.78, 5) is 2.74. The maximum Gasteiger partial charge on any atom is 0.500 e. The zero-order valence-electron chi connectivity index (χ0n) is 15.5. The van der Waals surface area contributed by atoms with Gasteiger partial charge in [-0.1, -0.05) is 12.8 Å². The smallest absolute Gasteiger partial charge is 0.374 e. The van der Waals surface area contributed by atoms with Crippen molar-refractivity contribution in [3.63, 3.8) is 0 Å². The number of rotatable bonds is 10. The Bertz CT molecular complexity index is 306. The first kappa shape index (κ1) is 19.4. The first-order valence-corrected chi connectivity index (χ1v) is 11.8. The lowest BCUT2D eigenvalue weighted by molar-refractivity contribution is 0.0676. The van der Waals surface area contributed by atoms with Crippen LogP contribution in [0.5, 0.6) is 0 Å². The molecule has 0 N–H and O–H groups in total. The van der Waals surface area contributed by atoms with E-state index in [1.165, 1.54) is 58.0 Å². The highest BCUT2D eigenvalue weighted by Gasteiger charge is 2.41. The van der Waals surface area contributed by atoms with E-state index < -0.39 is 8.80 Å². The van der Waals surface area contributed by atoms with Crippen LogP contribution >= 0.6 is 0 Å². The molecule has 5 heteroatoms. The highest BCUT2D eigenvalue weighted by molar-refractivity contribution is 6.60. The van der Waals surface area contributed by atoms with Gasteiger partial charge in [0.2, 0.25) is 0 Å². The van der Waals surface area contributed by atoms with Gasteiger partial charge >= 0.3 is 8.80 Å². The molecule has 2 atom stereocenters. The first-order chi connectivity index (χ1) is 11.2. The lowest BCUT2D eigenvalue weighted by Gasteiger charge is -2.36. The average Bonchev–Trinajstić information content (AvgIpc) is 3.09. The summed E-state index contributed by atoms with van der Waals surface area (Å²) < 4.78 is 18.0. The summed E-state index contributed by atoms with van der Waals surface area (Å²) in [7, 11) is -2.45. The third-order valence-corrected chi connectivity index (χ3v) is 8.45. The molecule has 1 heterocycles. The fourth-order valence-corrected chi connectivity index (χ4v) is 7.11. The molecule has 1 saturated heterocycles. The van der Waals surface area contributed by atoms with Crippen molar-refractivity contribution >= 4 is 8.80 Å². The maximum atomic E-state index is 6.01. The van der Waals surface area contributed by atoms with Crippen molar-refractivity contribution in [2.24, 2.45) is 5.92 Å². The van der Waals surface area contributed by atoms with E-state index in [0.717, 1.165) is 18.0 Å². The summed E-state index contributed by atoms with van der Waals surface area (Å²) in [6.07, 6.45) is 9.54. The Balaban J connectivity index is 1.85. The van der Waals surface area contributed by atoms with Crippen LogP contribution in [0.1, 0.15) is 65.7 Å². The van der Waals surface area contributed by atoms with E-state index in [-0.39, 0.29) is 0 Å². The molecular formula is C18H37NO3Si. The minimum absolute atomic E-state index is 0.688. The van der Waals surface area contributed by atoms with Gasteiger partial charge in [-0.05, 0) is 71.9 Å². The second kappa shape index (κ2) is 10.1. The van der Waals surface area contributed by atoms with Gasteiger partial charge < -0.3 is 18.2 Å². The zero-order valence-corrected chi connectivity index (χ0v) is 16.5. The van der Waals surface area contributed by atoms with Gasteiger partial charge in [0.25, 0.3) is 0 Å². The molecule has 23 heavy (non-hydrogen) atoms. The molecule has 2 rings (SSSR count). The first-order valence-electron chi connectivity index (χ1n) is 9.89. The number of hydrogen-bond donors (Lipinski definition) is 0. The molecule has 0 bridgehead atoms. The summed E-state index contributed by atoms with van der Waals surface area (Å²) in [5.41, 5.74) is 0. The molecule has 0 spiro atoms. The van der Waals surface area contributed by atoms with E-state index in [2.05, 4.69) is 4.90 Å². The predicted octanol–water partition coefficient (Wildman–Crippen LogP) is 4.08. The predicted molar refractivity (Wildman–Crippen MR) is 96.6 cm³/mol. The van der Waals surface area contributed by atoms with Crippen LogP contribution < -0.4 is 0 Å². The summed E-state index contributed by atoms with van der Waals surface area (Å²) in [6.45, 7) is 10.9. The monoisotopic (exact) mass is 343 g/mol. The SMILES string of the molecule is CCO[Si](CCC1CCCC(N2CCCC2)C1)(OCC)OCC. The molecule has 1 aliphatic heterocycles. The molecule has 2 fully saturated rings. The molecular weight excluding hydrogens is 306 g/mol. The lowest BCUT2D eigenvalue weighted by atomic mass is 9.83. The van der Waals surface area contributed by atoms with Crippen molar-refractivity contribution in [1.29, 1.82) is 0 Å². The summed E-state index contributed by atoms with van der Waals surface area (Å²) in [5.74, 6) is 0.822. The van der Waals surface area contributed by atoms with Crippen molar-refractivity contribution in [2.75, 3.05) is 32.9 Å². The molecule has 4 nitrogen and oxygen atoms in total. The third kappa shape index (κ3) is 5.82. The van der Waals surface area contributed by atoms with Gasteiger partial charge in [-0.15, -0.1) is 0 Å². The minimum atomic E-state index is -2.45. The maximum absolute atomic E-state index is 6.01. The highest BCUT2D eigenvalue weighted by atomic mass is 28.4. The Kier molecular flexibility index (Phi) is 8.54. The van der Waals surface area contributed by atoms with Gasteiger partial charge in [-0.3, -0.25) is 0 Å². The Labute approximate surface area is 144 Å². The van der Waals surface area contributed by atoms with Crippen LogP contribution in [0, 0.1) is 5.92 Å². The lowest BCUT2D eigenvalue weighted by Crippen LogP contribution is -2.46. The fraction of sp³-hybridized carbons (Fsp3) is 1.00. The summed E-state index contributed by atoms with van der Waals surface area (Å²) in [6, 6.07) is 1.82. The summed E-state index contributed by atoms with van der Waals surface area (Å²) >= 11 is 0. The fourth-order valence-electron chi connectivity index (χ4n) is 4.35. The van der Waals surface area contributed by atoms with Crippen molar-refractivity contribution in [3.8, 4) is 0 Å². The van der Waals surface area contributed by atoms with E-state index >= 15 is 0 Å². The molecule has 2 unspecified atom stereocenters. The molecule has 0 aromatic rings. The van der Waals surface area contributed by atoms with Crippen LogP contribution in [0.2, 0.25) is 6.04 Å². The van der Waals surface area contributed by atoms with Gasteiger partial charge in [0.15, 0.2) is 0 Å². The van der Waals surface area contributed by atoms with Crippen LogP contribution in [0.15, 0.2) is 0 Å². The quantitative estimate of drug-likeness (QED) is 0.559. The second-order valence-electron chi connectivity index (χ2n) is 6.95. The van der Waals surface area contributed by atoms with Crippen LogP contribution in [0.3, 0.4) is 0 Å². The van der Waals surface area contributed by atoms with Crippen molar-refractivity contribution in [1.82, 2.24) is 4.90 Å². The zero-order chi connectivity index (χ0) is 16.5. The minimum Gasteiger partial charge on any atom is -0.374 e. The molecule has 0 radical (unpaired) electrons. The molecule has 2 aliphatic rings. The number of likely N-dealkylation sites (tertiary alicyclic amines) is 1. The van der Waals surface area contributed by atoms with E-state index in [9.17, 15) is 0 Å². The molecule has 1 saturated carbocycles. The molecule has 0 aromatic heterocycles. The second-order valence-corrected chi connectivity index (χ2v) is 9.68. The van der Waals surface area contributed by atoms with Gasteiger partial charge in [-0.2, -0.15) is 0 Å². The number of nitrogens with zero attached hydrogens (tertiary/aromatic N) is 1. The molecule has 1 aliphatic carbocycles. The van der Waals surface area contributed by atoms with E-state index in [1.54, 1.807) is 0 Å². The Morgan fingerprint density at radius 1 is 0.870 bits per heavy atom. The molecule has 136 valence electrons. The Morgan fingerprint density at radius 2 is 1.48 bits per heavy atom. The summed E-state index contributed by atoms with van der Waals surface area (Å²) in [5, 5.41) is 0. The van der Waals surface area contributed by atoms with E-state index in [4.69, 9.17) is 13.3 Å². The van der Waals surface area contributed by atoms with Crippen molar-refractivity contribution in [3.05, 3.63) is 0 Å². The van der Waals surface area contributed by atoms with Crippen LogP contribution in [0.4, 0.5) is 0 Å². The van der Waals surface area contributed by atoms with Gasteiger partial charge in [0.1, 0.15) is 0 Å². The average molecular weight is 344 g/mol. The standard InChI is InChI=1S/C18H37NO3Si/c1-4-20-23(21-5-2,22-6-3)15-12-17-10-9-11-18(16-17)19-13-7-8-14-19/h17-18H,4-16H2,1-3H3. The van der Waals surface area contributed by atoms with Crippen LogP contribution in [0.25, 0.3) is 0 Å². The van der Waals surface area contributed by atoms with Crippen molar-refractivity contribution in [2.45, 2.75) is 77.8 Å². The van der Waals surface area contributed by atoms with E-state index in [0.29, 0.717) is 19.8 Å². The third-order valence-electron chi connectivity index (χ3n) is 5.36. The van der Waals surface area contributed by atoms with E-state index in [1.807, 2.05) is 20.8 Å². The Hall–Kier alpha value is 0.0569. The van der Waals surface area contributed by atoms with Crippen molar-refractivity contribution < 1.29 is 13.3 Å². The Morgan fingerprint density at radius 3 is 2.04 bits per heavy atom. The number of hydrogen-bond acceptors (Lipinski definition) is 4. The topological polar surface area (TPSA) is 30.9 Å². The normalized spacial score (nSPS) is 26.7. The highest BCUT2D eigenvalue weighted by Crippen LogP contribution is 2.34. The van der Waals surface area contributed by atoms with Gasteiger partial charge in [0.05, 0.1) is 0 Å². The molecule has 0 amide bonds. The van der Waals surface area contributed by atoms with Gasteiger partial charge in [0, 0.05) is 31.9 Å².